The Morgan fingerprint density at radius 1 is 1.30 bits per heavy atom. The number of amides is 1. The number of benzene rings is 1. The van der Waals surface area contributed by atoms with Gasteiger partial charge >= 0.3 is 6.18 Å². The summed E-state index contributed by atoms with van der Waals surface area (Å²) in [6.45, 7) is 8.85. The van der Waals surface area contributed by atoms with Gasteiger partial charge in [0.05, 0.1) is 24.3 Å². The molecule has 0 saturated carbocycles. The van der Waals surface area contributed by atoms with E-state index in [1.165, 1.54) is 12.1 Å². The lowest BCUT2D eigenvalue weighted by Crippen LogP contribution is -2.55. The minimum absolute atomic E-state index is 0.0282. The van der Waals surface area contributed by atoms with Gasteiger partial charge < -0.3 is 14.7 Å². The largest absolute Gasteiger partial charge is 0.416 e. The number of carbonyl (C=O) groups is 1. The Labute approximate surface area is 174 Å². The van der Waals surface area contributed by atoms with E-state index >= 15 is 0 Å². The number of aliphatic hydroxyl groups excluding tert-OH is 1. The first kappa shape index (κ1) is 22.7. The summed E-state index contributed by atoms with van der Waals surface area (Å²) >= 11 is 0. The molecule has 0 spiro atoms. The molecule has 1 aromatic rings. The number of ether oxygens (including phenoxy) is 1. The highest BCUT2D eigenvalue weighted by molar-refractivity contribution is 5.73. The topological polar surface area (TPSA) is 56.2 Å². The molecule has 1 N–H and O–H groups in total. The molecule has 0 radical (unpaired) electrons. The minimum Gasteiger partial charge on any atom is -0.375 e. The van der Waals surface area contributed by atoms with Crippen molar-refractivity contribution in [3.05, 3.63) is 48.0 Å². The van der Waals surface area contributed by atoms with E-state index in [-0.39, 0.29) is 24.7 Å². The molecule has 3 rings (SSSR count). The van der Waals surface area contributed by atoms with Crippen molar-refractivity contribution in [2.24, 2.45) is 0 Å². The number of nitrogens with zero attached hydrogens (tertiary/aromatic N) is 3. The van der Waals surface area contributed by atoms with Gasteiger partial charge in [0.15, 0.2) is 0 Å². The van der Waals surface area contributed by atoms with Gasteiger partial charge in [0.25, 0.3) is 0 Å². The van der Waals surface area contributed by atoms with Crippen LogP contribution in [0.4, 0.5) is 13.2 Å². The standard InChI is InChI=1S/C21H28F3N3O3/c1-3-20(29)27-12-18(26-9-7-25(8-10-26)15(2)28)19(13-27)30-14-16-5-4-6-17(11-16)21(22,23)24/h3-6,11,18-20,29H,1,7-10,12-14H2,2H3/t18-,19-,20?/m1/s1. The van der Waals surface area contributed by atoms with Crippen molar-refractivity contribution in [2.45, 2.75) is 38.1 Å². The van der Waals surface area contributed by atoms with Crippen LogP contribution in [0.3, 0.4) is 0 Å². The van der Waals surface area contributed by atoms with Gasteiger partial charge in [0, 0.05) is 46.2 Å². The Morgan fingerprint density at radius 2 is 2.00 bits per heavy atom. The van der Waals surface area contributed by atoms with E-state index in [0.717, 1.165) is 12.1 Å². The summed E-state index contributed by atoms with van der Waals surface area (Å²) in [6, 6.07) is 5.10. The van der Waals surface area contributed by atoms with E-state index in [0.29, 0.717) is 44.8 Å². The third-order valence-electron chi connectivity index (χ3n) is 5.80. The number of carbonyl (C=O) groups excluding carboxylic acids is 1. The summed E-state index contributed by atoms with van der Waals surface area (Å²) in [5.74, 6) is 0.0436. The smallest absolute Gasteiger partial charge is 0.375 e. The highest BCUT2D eigenvalue weighted by Gasteiger charge is 2.40. The number of piperazine rings is 1. The zero-order chi connectivity index (χ0) is 21.9. The van der Waals surface area contributed by atoms with Gasteiger partial charge in [-0.2, -0.15) is 13.2 Å². The molecule has 6 nitrogen and oxygen atoms in total. The molecule has 30 heavy (non-hydrogen) atoms. The number of halogens is 3. The summed E-state index contributed by atoms with van der Waals surface area (Å²) in [5.41, 5.74) is -0.247. The molecule has 3 atom stereocenters. The van der Waals surface area contributed by atoms with Gasteiger partial charge in [-0.25, -0.2) is 0 Å². The van der Waals surface area contributed by atoms with Crippen molar-refractivity contribution in [3.63, 3.8) is 0 Å². The second-order valence-corrected chi connectivity index (χ2v) is 7.76. The van der Waals surface area contributed by atoms with Gasteiger partial charge in [0.2, 0.25) is 5.91 Å². The molecule has 9 heteroatoms. The number of alkyl halides is 3. The average molecular weight is 427 g/mol. The van der Waals surface area contributed by atoms with Crippen molar-refractivity contribution in [1.82, 2.24) is 14.7 Å². The van der Waals surface area contributed by atoms with Crippen molar-refractivity contribution in [2.75, 3.05) is 39.3 Å². The van der Waals surface area contributed by atoms with Crippen LogP contribution < -0.4 is 0 Å². The van der Waals surface area contributed by atoms with Crippen LogP contribution >= 0.6 is 0 Å². The van der Waals surface area contributed by atoms with Crippen LogP contribution in [0.2, 0.25) is 0 Å². The Morgan fingerprint density at radius 3 is 2.60 bits per heavy atom. The molecule has 1 aromatic carbocycles. The van der Waals surface area contributed by atoms with Gasteiger partial charge in [-0.15, -0.1) is 0 Å². The fourth-order valence-electron chi connectivity index (χ4n) is 4.07. The summed E-state index contributed by atoms with van der Waals surface area (Å²) in [7, 11) is 0. The average Bonchev–Trinajstić information content (AvgIpc) is 3.15. The molecule has 2 fully saturated rings. The highest BCUT2D eigenvalue weighted by Crippen LogP contribution is 2.30. The van der Waals surface area contributed by atoms with Crippen LogP contribution in [0, 0.1) is 0 Å². The Balaban J connectivity index is 1.67. The zero-order valence-corrected chi connectivity index (χ0v) is 17.0. The molecule has 2 aliphatic rings. The maximum absolute atomic E-state index is 13.0. The molecule has 166 valence electrons. The lowest BCUT2D eigenvalue weighted by molar-refractivity contribution is -0.137. The summed E-state index contributed by atoms with van der Waals surface area (Å²) in [4.78, 5) is 17.4. The monoisotopic (exact) mass is 427 g/mol. The molecule has 2 aliphatic heterocycles. The molecule has 0 aliphatic carbocycles. The molecular weight excluding hydrogens is 399 g/mol. The fraction of sp³-hybridized carbons (Fsp3) is 0.571. The van der Waals surface area contributed by atoms with Crippen LogP contribution in [0.15, 0.2) is 36.9 Å². The maximum Gasteiger partial charge on any atom is 0.416 e. The molecule has 2 saturated heterocycles. The Bertz CT molecular complexity index is 751. The van der Waals surface area contributed by atoms with Crippen molar-refractivity contribution < 1.29 is 27.8 Å². The van der Waals surface area contributed by atoms with Crippen LogP contribution in [-0.4, -0.2) is 83.4 Å². The summed E-state index contributed by atoms with van der Waals surface area (Å²) < 4.78 is 44.9. The predicted octanol–water partition coefficient (Wildman–Crippen LogP) is 1.94. The Kier molecular flexibility index (Phi) is 7.18. The van der Waals surface area contributed by atoms with E-state index in [2.05, 4.69) is 11.5 Å². The number of aliphatic hydroxyl groups is 1. The number of hydrogen-bond acceptors (Lipinski definition) is 5. The molecule has 1 amide bonds. The van der Waals surface area contributed by atoms with E-state index in [1.807, 2.05) is 4.90 Å². The van der Waals surface area contributed by atoms with Crippen LogP contribution in [0.25, 0.3) is 0 Å². The predicted molar refractivity (Wildman–Crippen MR) is 105 cm³/mol. The van der Waals surface area contributed by atoms with Crippen LogP contribution in [-0.2, 0) is 22.3 Å². The molecule has 1 unspecified atom stereocenters. The normalized spacial score (nSPS) is 24.8. The molecule has 2 heterocycles. The van der Waals surface area contributed by atoms with E-state index in [1.54, 1.807) is 17.9 Å². The van der Waals surface area contributed by atoms with E-state index in [4.69, 9.17) is 4.74 Å². The van der Waals surface area contributed by atoms with E-state index in [9.17, 15) is 23.1 Å². The fourth-order valence-corrected chi connectivity index (χ4v) is 4.07. The molecule has 0 bridgehead atoms. The van der Waals surface area contributed by atoms with Crippen molar-refractivity contribution in [1.29, 1.82) is 0 Å². The number of hydrogen-bond donors (Lipinski definition) is 1. The third-order valence-corrected chi connectivity index (χ3v) is 5.80. The SMILES string of the molecule is C=CC(O)N1C[C@@H](N2CCN(C(C)=O)CC2)[C@H](OCc2cccc(C(F)(F)F)c2)C1. The number of rotatable bonds is 6. The zero-order valence-electron chi connectivity index (χ0n) is 17.0. The lowest BCUT2D eigenvalue weighted by atomic mass is 10.1. The van der Waals surface area contributed by atoms with Crippen molar-refractivity contribution in [3.8, 4) is 0 Å². The van der Waals surface area contributed by atoms with Crippen molar-refractivity contribution >= 4 is 5.91 Å². The minimum atomic E-state index is -4.40. The Hall–Kier alpha value is -1.94. The van der Waals surface area contributed by atoms with Crippen LogP contribution in [0.1, 0.15) is 18.1 Å². The lowest BCUT2D eigenvalue weighted by Gasteiger charge is -2.39. The van der Waals surface area contributed by atoms with Gasteiger partial charge in [-0.05, 0) is 23.8 Å². The summed E-state index contributed by atoms with van der Waals surface area (Å²) in [6.07, 6.45) is -4.04. The quantitative estimate of drug-likeness (QED) is 0.704. The third kappa shape index (κ3) is 5.40. The second kappa shape index (κ2) is 9.47. The second-order valence-electron chi connectivity index (χ2n) is 7.76. The van der Waals surface area contributed by atoms with Gasteiger partial charge in [-0.1, -0.05) is 18.7 Å². The van der Waals surface area contributed by atoms with Gasteiger partial charge in [-0.3, -0.25) is 14.6 Å². The van der Waals surface area contributed by atoms with Crippen LogP contribution in [0.5, 0.6) is 0 Å². The first-order chi connectivity index (χ1) is 14.2. The highest BCUT2D eigenvalue weighted by atomic mass is 19.4. The first-order valence-corrected chi connectivity index (χ1v) is 10.0. The summed E-state index contributed by atoms with van der Waals surface area (Å²) in [5, 5.41) is 10.2. The van der Waals surface area contributed by atoms with Gasteiger partial charge in [0.1, 0.15) is 6.23 Å². The number of likely N-dealkylation sites (tertiary alicyclic amines) is 1. The molecular formula is C21H28F3N3O3. The molecule has 0 aromatic heterocycles. The maximum atomic E-state index is 13.0. The first-order valence-electron chi connectivity index (χ1n) is 10.0. The van der Waals surface area contributed by atoms with E-state index < -0.39 is 18.0 Å².